The number of hydrogen-bond donors (Lipinski definition) is 1. The lowest BCUT2D eigenvalue weighted by Gasteiger charge is -2.26. The molecule has 1 heterocycles. The molecule has 30 heavy (non-hydrogen) atoms. The van der Waals surface area contributed by atoms with Crippen molar-refractivity contribution in [1.29, 1.82) is 0 Å². The predicted octanol–water partition coefficient (Wildman–Crippen LogP) is 1.97. The first kappa shape index (κ1) is 22.1. The molecule has 1 amide bonds. The van der Waals surface area contributed by atoms with Crippen molar-refractivity contribution in [2.24, 2.45) is 0 Å². The van der Waals surface area contributed by atoms with E-state index in [0.29, 0.717) is 37.8 Å². The molecular formula is C21H26N2O6S. The van der Waals surface area contributed by atoms with Gasteiger partial charge in [0.15, 0.2) is 6.61 Å². The third-order valence-electron chi connectivity index (χ3n) is 4.78. The van der Waals surface area contributed by atoms with Crippen LogP contribution < -0.4 is 14.8 Å². The van der Waals surface area contributed by atoms with Crippen molar-refractivity contribution < 1.29 is 27.4 Å². The Labute approximate surface area is 176 Å². The van der Waals surface area contributed by atoms with Gasteiger partial charge < -0.3 is 19.5 Å². The van der Waals surface area contributed by atoms with Gasteiger partial charge in [0.25, 0.3) is 5.91 Å². The van der Waals surface area contributed by atoms with Gasteiger partial charge in [-0.25, -0.2) is 8.42 Å². The van der Waals surface area contributed by atoms with E-state index in [9.17, 15) is 13.2 Å². The molecule has 0 saturated carbocycles. The smallest absolute Gasteiger partial charge is 0.258 e. The maximum atomic E-state index is 12.6. The first-order valence-electron chi connectivity index (χ1n) is 9.65. The first-order chi connectivity index (χ1) is 14.4. The second kappa shape index (κ2) is 9.92. The van der Waals surface area contributed by atoms with Crippen LogP contribution in [0.25, 0.3) is 0 Å². The van der Waals surface area contributed by atoms with Gasteiger partial charge in [0.2, 0.25) is 10.0 Å². The average Bonchev–Trinajstić information content (AvgIpc) is 2.78. The maximum Gasteiger partial charge on any atom is 0.258 e. The van der Waals surface area contributed by atoms with Crippen LogP contribution in [0.5, 0.6) is 11.5 Å². The molecule has 3 rings (SSSR count). The maximum absolute atomic E-state index is 12.6. The Bertz CT molecular complexity index is 956. The number of carbonyl (C=O) groups excluding carboxylic acids is 1. The minimum absolute atomic E-state index is 0.185. The fourth-order valence-electron chi connectivity index (χ4n) is 3.18. The van der Waals surface area contributed by atoms with Crippen molar-refractivity contribution in [1.82, 2.24) is 9.62 Å². The molecule has 162 valence electrons. The standard InChI is InChI=1S/C21H26N2O6S/c1-16(19-5-3-4-6-20(19)27-2)22-21(24)15-29-17-7-9-18(10-8-17)30(25,26)23-11-13-28-14-12-23/h3-10,16H,11-15H2,1-2H3,(H,22,24)/t16-/m0/s1. The second-order valence-corrected chi connectivity index (χ2v) is 8.75. The van der Waals surface area contributed by atoms with Gasteiger partial charge in [-0.05, 0) is 37.3 Å². The quantitative estimate of drug-likeness (QED) is 0.683. The molecule has 0 spiro atoms. The first-order valence-corrected chi connectivity index (χ1v) is 11.1. The van der Waals surface area contributed by atoms with Gasteiger partial charge in [-0.15, -0.1) is 0 Å². The van der Waals surface area contributed by atoms with Crippen molar-refractivity contribution in [2.75, 3.05) is 40.0 Å². The fourth-order valence-corrected chi connectivity index (χ4v) is 4.59. The number of para-hydroxylation sites is 1. The summed E-state index contributed by atoms with van der Waals surface area (Å²) in [5.41, 5.74) is 0.867. The van der Waals surface area contributed by atoms with Gasteiger partial charge >= 0.3 is 0 Å². The zero-order valence-corrected chi connectivity index (χ0v) is 17.9. The van der Waals surface area contributed by atoms with E-state index in [0.717, 1.165) is 5.56 Å². The van der Waals surface area contributed by atoms with Crippen LogP contribution in [0.1, 0.15) is 18.5 Å². The summed E-state index contributed by atoms with van der Waals surface area (Å²) in [5.74, 6) is 0.817. The molecule has 1 aliphatic rings. The van der Waals surface area contributed by atoms with E-state index in [1.807, 2.05) is 31.2 Å². The van der Waals surface area contributed by atoms with Crippen molar-refractivity contribution in [3.8, 4) is 11.5 Å². The summed E-state index contributed by atoms with van der Waals surface area (Å²) in [6.07, 6.45) is 0. The summed E-state index contributed by atoms with van der Waals surface area (Å²) in [7, 11) is -1.97. The molecule has 1 N–H and O–H groups in total. The third-order valence-corrected chi connectivity index (χ3v) is 6.70. The monoisotopic (exact) mass is 434 g/mol. The van der Waals surface area contributed by atoms with Crippen LogP contribution in [-0.4, -0.2) is 58.7 Å². The van der Waals surface area contributed by atoms with E-state index in [-0.39, 0.29) is 23.5 Å². The van der Waals surface area contributed by atoms with E-state index in [1.54, 1.807) is 19.2 Å². The van der Waals surface area contributed by atoms with Crippen molar-refractivity contribution in [3.63, 3.8) is 0 Å². The molecular weight excluding hydrogens is 408 g/mol. The van der Waals surface area contributed by atoms with Crippen LogP contribution in [-0.2, 0) is 19.6 Å². The number of nitrogens with one attached hydrogen (secondary N) is 1. The minimum atomic E-state index is -3.56. The van der Waals surface area contributed by atoms with Gasteiger partial charge in [-0.2, -0.15) is 4.31 Å². The Kier molecular flexibility index (Phi) is 7.30. The highest BCUT2D eigenvalue weighted by Crippen LogP contribution is 2.24. The van der Waals surface area contributed by atoms with Gasteiger partial charge in [-0.3, -0.25) is 4.79 Å². The largest absolute Gasteiger partial charge is 0.496 e. The Balaban J connectivity index is 1.55. The van der Waals surface area contributed by atoms with Crippen LogP contribution >= 0.6 is 0 Å². The van der Waals surface area contributed by atoms with E-state index in [4.69, 9.17) is 14.2 Å². The van der Waals surface area contributed by atoms with Crippen molar-refractivity contribution in [3.05, 3.63) is 54.1 Å². The summed E-state index contributed by atoms with van der Waals surface area (Å²) in [6, 6.07) is 13.3. The predicted molar refractivity (Wildman–Crippen MR) is 111 cm³/mol. The van der Waals surface area contributed by atoms with Crippen LogP contribution in [0.4, 0.5) is 0 Å². The molecule has 0 bridgehead atoms. The zero-order chi connectivity index (χ0) is 21.6. The van der Waals surface area contributed by atoms with E-state index in [1.165, 1.54) is 16.4 Å². The normalized spacial score (nSPS) is 15.9. The molecule has 1 saturated heterocycles. The molecule has 0 aromatic heterocycles. The number of morpholine rings is 1. The summed E-state index contributed by atoms with van der Waals surface area (Å²) in [4.78, 5) is 12.4. The number of rotatable bonds is 8. The number of carbonyl (C=O) groups is 1. The number of sulfonamides is 1. The number of methoxy groups -OCH3 is 1. The molecule has 1 fully saturated rings. The average molecular weight is 435 g/mol. The lowest BCUT2D eigenvalue weighted by molar-refractivity contribution is -0.123. The highest BCUT2D eigenvalue weighted by atomic mass is 32.2. The number of benzene rings is 2. The van der Waals surface area contributed by atoms with E-state index in [2.05, 4.69) is 5.32 Å². The minimum Gasteiger partial charge on any atom is -0.496 e. The zero-order valence-electron chi connectivity index (χ0n) is 17.0. The molecule has 0 radical (unpaired) electrons. The Morgan fingerprint density at radius 1 is 1.13 bits per heavy atom. The highest BCUT2D eigenvalue weighted by Gasteiger charge is 2.26. The molecule has 0 aliphatic carbocycles. The molecule has 8 nitrogen and oxygen atoms in total. The van der Waals surface area contributed by atoms with Crippen LogP contribution in [0.3, 0.4) is 0 Å². The molecule has 2 aromatic rings. The third kappa shape index (κ3) is 5.29. The van der Waals surface area contributed by atoms with E-state index < -0.39 is 10.0 Å². The molecule has 1 aliphatic heterocycles. The summed E-state index contributed by atoms with van der Waals surface area (Å²) >= 11 is 0. The Morgan fingerprint density at radius 3 is 2.47 bits per heavy atom. The molecule has 0 unspecified atom stereocenters. The summed E-state index contributed by atoms with van der Waals surface area (Å²) in [6.45, 7) is 3.14. The summed E-state index contributed by atoms with van der Waals surface area (Å²) < 4.78 is 42.7. The van der Waals surface area contributed by atoms with Crippen molar-refractivity contribution >= 4 is 15.9 Å². The lowest BCUT2D eigenvalue weighted by Crippen LogP contribution is -2.40. The van der Waals surface area contributed by atoms with Gasteiger partial charge in [-0.1, -0.05) is 18.2 Å². The van der Waals surface area contributed by atoms with Gasteiger partial charge in [0.05, 0.1) is 31.3 Å². The SMILES string of the molecule is COc1ccccc1[C@H](C)NC(=O)COc1ccc(S(=O)(=O)N2CCOCC2)cc1. The Morgan fingerprint density at radius 2 is 1.80 bits per heavy atom. The molecule has 1 atom stereocenters. The van der Waals surface area contributed by atoms with Crippen LogP contribution in [0, 0.1) is 0 Å². The van der Waals surface area contributed by atoms with E-state index >= 15 is 0 Å². The summed E-state index contributed by atoms with van der Waals surface area (Å²) in [5, 5.41) is 2.86. The second-order valence-electron chi connectivity index (χ2n) is 6.81. The Hall–Kier alpha value is -2.62. The lowest BCUT2D eigenvalue weighted by atomic mass is 10.1. The molecule has 9 heteroatoms. The number of ether oxygens (including phenoxy) is 3. The van der Waals surface area contributed by atoms with Gasteiger partial charge in [0.1, 0.15) is 11.5 Å². The van der Waals surface area contributed by atoms with Crippen molar-refractivity contribution in [2.45, 2.75) is 17.9 Å². The number of nitrogens with zero attached hydrogens (tertiary/aromatic N) is 1. The molecule has 2 aromatic carbocycles. The van der Waals surface area contributed by atoms with Crippen LogP contribution in [0.2, 0.25) is 0 Å². The van der Waals surface area contributed by atoms with Gasteiger partial charge in [0, 0.05) is 18.7 Å². The van der Waals surface area contributed by atoms with Crippen LogP contribution in [0.15, 0.2) is 53.4 Å². The topological polar surface area (TPSA) is 94.2 Å². The number of hydrogen-bond acceptors (Lipinski definition) is 6. The number of amides is 1. The fraction of sp³-hybridized carbons (Fsp3) is 0.381. The highest BCUT2D eigenvalue weighted by molar-refractivity contribution is 7.89.